The highest BCUT2D eigenvalue weighted by molar-refractivity contribution is 7.09. The van der Waals surface area contributed by atoms with Crippen LogP contribution >= 0.6 is 11.3 Å². The number of ether oxygens (including phenoxy) is 1. The van der Waals surface area contributed by atoms with Gasteiger partial charge in [-0.05, 0) is 36.1 Å². The lowest BCUT2D eigenvalue weighted by molar-refractivity contribution is -0.123. The second kappa shape index (κ2) is 6.90. The fourth-order valence-electron chi connectivity index (χ4n) is 1.72. The van der Waals surface area contributed by atoms with Crippen LogP contribution in [0.15, 0.2) is 35.7 Å². The maximum Gasteiger partial charge on any atom is 0.339 e. The van der Waals surface area contributed by atoms with Crippen LogP contribution in [-0.2, 0) is 11.3 Å². The second-order valence-electron chi connectivity index (χ2n) is 4.45. The van der Waals surface area contributed by atoms with Gasteiger partial charge in [0.1, 0.15) is 11.3 Å². The predicted molar refractivity (Wildman–Crippen MR) is 79.8 cm³/mol. The fourth-order valence-corrected chi connectivity index (χ4v) is 2.36. The van der Waals surface area contributed by atoms with Crippen molar-refractivity contribution in [3.8, 4) is 5.75 Å². The van der Waals surface area contributed by atoms with E-state index in [-0.39, 0.29) is 23.8 Å². The summed E-state index contributed by atoms with van der Waals surface area (Å²) < 4.78 is 5.32. The summed E-state index contributed by atoms with van der Waals surface area (Å²) in [5, 5.41) is 13.7. The van der Waals surface area contributed by atoms with Gasteiger partial charge in [-0.3, -0.25) is 4.79 Å². The zero-order chi connectivity index (χ0) is 15.2. The molecule has 110 valence electrons. The Bertz CT molecular complexity index is 637. The third-order valence-corrected chi connectivity index (χ3v) is 3.64. The van der Waals surface area contributed by atoms with Crippen molar-refractivity contribution in [2.45, 2.75) is 13.5 Å². The fraction of sp³-hybridized carbons (Fsp3) is 0.200. The Labute approximate surface area is 126 Å². The van der Waals surface area contributed by atoms with Gasteiger partial charge in [-0.2, -0.15) is 0 Å². The quantitative estimate of drug-likeness (QED) is 0.859. The average molecular weight is 305 g/mol. The summed E-state index contributed by atoms with van der Waals surface area (Å²) in [6.45, 7) is 2.06. The van der Waals surface area contributed by atoms with Crippen molar-refractivity contribution in [1.82, 2.24) is 5.32 Å². The molecule has 21 heavy (non-hydrogen) atoms. The smallest absolute Gasteiger partial charge is 0.339 e. The Balaban J connectivity index is 1.91. The van der Waals surface area contributed by atoms with Crippen molar-refractivity contribution in [2.75, 3.05) is 6.61 Å². The van der Waals surface area contributed by atoms with Crippen LogP contribution in [0.1, 0.15) is 20.8 Å². The lowest BCUT2D eigenvalue weighted by Crippen LogP contribution is -2.28. The third kappa shape index (κ3) is 4.32. The van der Waals surface area contributed by atoms with Crippen molar-refractivity contribution in [3.05, 3.63) is 51.7 Å². The molecule has 0 spiro atoms. The highest BCUT2D eigenvalue weighted by atomic mass is 32.1. The maximum atomic E-state index is 11.7. The summed E-state index contributed by atoms with van der Waals surface area (Å²) in [5.41, 5.74) is 0.917. The van der Waals surface area contributed by atoms with Gasteiger partial charge in [0.2, 0.25) is 0 Å². The first-order valence-corrected chi connectivity index (χ1v) is 7.20. The lowest BCUT2D eigenvalue weighted by Gasteiger charge is -2.10. The van der Waals surface area contributed by atoms with Crippen molar-refractivity contribution in [1.29, 1.82) is 0 Å². The van der Waals surface area contributed by atoms with Gasteiger partial charge < -0.3 is 15.2 Å². The standard InChI is InChI=1S/C15H15NO4S/c1-10-4-5-12(15(18)19)13(7-10)20-9-14(17)16-8-11-3-2-6-21-11/h2-7H,8-9H2,1H3,(H,16,17)(H,18,19). The minimum absolute atomic E-state index is 0.0478. The number of thiophene rings is 1. The van der Waals surface area contributed by atoms with E-state index in [0.717, 1.165) is 10.4 Å². The minimum Gasteiger partial charge on any atom is -0.483 e. The van der Waals surface area contributed by atoms with Gasteiger partial charge in [-0.15, -0.1) is 11.3 Å². The van der Waals surface area contributed by atoms with Gasteiger partial charge >= 0.3 is 5.97 Å². The number of carbonyl (C=O) groups is 2. The van der Waals surface area contributed by atoms with E-state index >= 15 is 0 Å². The second-order valence-corrected chi connectivity index (χ2v) is 5.48. The summed E-state index contributed by atoms with van der Waals surface area (Å²) in [5.74, 6) is -1.17. The number of nitrogens with one attached hydrogen (secondary N) is 1. The molecular formula is C15H15NO4S. The summed E-state index contributed by atoms with van der Waals surface area (Å²) in [4.78, 5) is 23.8. The molecule has 1 aromatic heterocycles. The number of carbonyl (C=O) groups excluding carboxylic acids is 1. The minimum atomic E-state index is -1.08. The molecule has 0 aliphatic carbocycles. The van der Waals surface area contributed by atoms with Crippen LogP contribution in [0.4, 0.5) is 0 Å². The molecule has 6 heteroatoms. The topological polar surface area (TPSA) is 75.6 Å². The first-order chi connectivity index (χ1) is 10.1. The Morgan fingerprint density at radius 1 is 1.33 bits per heavy atom. The molecule has 0 fully saturated rings. The van der Waals surface area contributed by atoms with Crippen molar-refractivity contribution in [3.63, 3.8) is 0 Å². The van der Waals surface area contributed by atoms with E-state index in [1.54, 1.807) is 23.5 Å². The molecule has 2 N–H and O–H groups in total. The Kier molecular flexibility index (Phi) is 4.94. The SMILES string of the molecule is Cc1ccc(C(=O)O)c(OCC(=O)NCc2cccs2)c1. The largest absolute Gasteiger partial charge is 0.483 e. The molecule has 2 aromatic rings. The molecule has 1 aromatic carbocycles. The van der Waals surface area contributed by atoms with Crippen molar-refractivity contribution < 1.29 is 19.4 Å². The zero-order valence-electron chi connectivity index (χ0n) is 11.5. The van der Waals surface area contributed by atoms with Gasteiger partial charge in [0.15, 0.2) is 6.61 Å². The van der Waals surface area contributed by atoms with E-state index < -0.39 is 5.97 Å². The van der Waals surface area contributed by atoms with Crippen LogP contribution in [0.3, 0.4) is 0 Å². The van der Waals surface area contributed by atoms with Crippen LogP contribution in [0.25, 0.3) is 0 Å². The Morgan fingerprint density at radius 3 is 2.81 bits per heavy atom. The predicted octanol–water partition coefficient (Wildman–Crippen LogP) is 2.45. The number of carboxylic acids is 1. The van der Waals surface area contributed by atoms with Gasteiger partial charge in [-0.1, -0.05) is 12.1 Å². The van der Waals surface area contributed by atoms with Crippen LogP contribution in [0.2, 0.25) is 0 Å². The van der Waals surface area contributed by atoms with Gasteiger partial charge in [0.05, 0.1) is 6.54 Å². The molecule has 0 atom stereocenters. The van der Waals surface area contributed by atoms with Crippen LogP contribution in [-0.4, -0.2) is 23.6 Å². The first-order valence-electron chi connectivity index (χ1n) is 6.32. The van der Waals surface area contributed by atoms with E-state index in [0.29, 0.717) is 6.54 Å². The number of rotatable bonds is 6. The molecule has 0 saturated heterocycles. The summed E-state index contributed by atoms with van der Waals surface area (Å²) >= 11 is 1.55. The molecule has 1 amide bonds. The Morgan fingerprint density at radius 2 is 2.14 bits per heavy atom. The van der Waals surface area contributed by atoms with Gasteiger partial charge in [0, 0.05) is 4.88 Å². The van der Waals surface area contributed by atoms with E-state index in [1.807, 2.05) is 24.4 Å². The number of aromatic carboxylic acids is 1. The van der Waals surface area contributed by atoms with E-state index in [1.165, 1.54) is 6.07 Å². The molecule has 1 heterocycles. The number of benzene rings is 1. The van der Waals surface area contributed by atoms with Crippen molar-refractivity contribution >= 4 is 23.2 Å². The average Bonchev–Trinajstić information content (AvgIpc) is 2.96. The van der Waals surface area contributed by atoms with Gasteiger partial charge in [-0.25, -0.2) is 4.79 Å². The summed E-state index contributed by atoms with van der Waals surface area (Å²) in [6.07, 6.45) is 0. The number of hydrogen-bond donors (Lipinski definition) is 2. The molecule has 0 aliphatic heterocycles. The van der Waals surface area contributed by atoms with Gasteiger partial charge in [0.25, 0.3) is 5.91 Å². The monoisotopic (exact) mass is 305 g/mol. The van der Waals surface area contributed by atoms with E-state index in [4.69, 9.17) is 9.84 Å². The Hall–Kier alpha value is -2.34. The highest BCUT2D eigenvalue weighted by Gasteiger charge is 2.12. The molecule has 0 bridgehead atoms. The molecule has 0 radical (unpaired) electrons. The molecule has 0 aliphatic rings. The van der Waals surface area contributed by atoms with Crippen LogP contribution in [0, 0.1) is 6.92 Å². The lowest BCUT2D eigenvalue weighted by atomic mass is 10.1. The number of aryl methyl sites for hydroxylation is 1. The molecule has 2 rings (SSSR count). The number of amides is 1. The number of hydrogen-bond acceptors (Lipinski definition) is 4. The molecule has 0 unspecified atom stereocenters. The first kappa shape index (κ1) is 15.1. The molecule has 5 nitrogen and oxygen atoms in total. The van der Waals surface area contributed by atoms with E-state index in [2.05, 4.69) is 5.32 Å². The van der Waals surface area contributed by atoms with Crippen molar-refractivity contribution in [2.24, 2.45) is 0 Å². The zero-order valence-corrected chi connectivity index (χ0v) is 12.3. The normalized spacial score (nSPS) is 10.1. The molecular weight excluding hydrogens is 290 g/mol. The van der Waals surface area contributed by atoms with Crippen LogP contribution < -0.4 is 10.1 Å². The molecule has 0 saturated carbocycles. The highest BCUT2D eigenvalue weighted by Crippen LogP contribution is 2.20. The number of carboxylic acid groups (broad SMARTS) is 1. The third-order valence-electron chi connectivity index (χ3n) is 2.77. The van der Waals surface area contributed by atoms with E-state index in [9.17, 15) is 9.59 Å². The summed E-state index contributed by atoms with van der Waals surface area (Å²) in [6, 6.07) is 8.60. The summed E-state index contributed by atoms with van der Waals surface area (Å²) in [7, 11) is 0. The maximum absolute atomic E-state index is 11.7. The van der Waals surface area contributed by atoms with Crippen LogP contribution in [0.5, 0.6) is 5.75 Å².